The zero-order valence-electron chi connectivity index (χ0n) is 18.3. The van der Waals surface area contributed by atoms with Gasteiger partial charge >= 0.3 is 0 Å². The molecule has 2 aliphatic rings. The molecule has 2 amide bonds. The Balaban J connectivity index is 1.38. The third kappa shape index (κ3) is 4.74. The van der Waals surface area contributed by atoms with Crippen molar-refractivity contribution in [3.63, 3.8) is 0 Å². The summed E-state index contributed by atoms with van der Waals surface area (Å²) in [5.41, 5.74) is 2.47. The van der Waals surface area contributed by atoms with Gasteiger partial charge in [0.25, 0.3) is 0 Å². The van der Waals surface area contributed by atoms with Crippen LogP contribution in [0.1, 0.15) is 36.4 Å². The van der Waals surface area contributed by atoms with Crippen molar-refractivity contribution in [2.24, 2.45) is 11.8 Å². The second kappa shape index (κ2) is 8.94. The van der Waals surface area contributed by atoms with Crippen LogP contribution in [0.3, 0.4) is 0 Å². The zero-order valence-corrected chi connectivity index (χ0v) is 19.1. The number of hydrogen-bond donors (Lipinski definition) is 1. The Morgan fingerprint density at radius 2 is 1.97 bits per heavy atom. The summed E-state index contributed by atoms with van der Waals surface area (Å²) in [7, 11) is 0. The van der Waals surface area contributed by atoms with Crippen LogP contribution in [0.4, 0.5) is 15.2 Å². The van der Waals surface area contributed by atoms with E-state index in [-0.39, 0.29) is 29.5 Å². The summed E-state index contributed by atoms with van der Waals surface area (Å²) in [6, 6.07) is 4.44. The molecule has 1 aromatic carbocycles. The largest absolute Gasteiger partial charge is 0.345 e. The fourth-order valence-electron chi connectivity index (χ4n) is 4.17. The number of piperazine rings is 1. The topological polar surface area (TPSA) is 65.5 Å². The molecule has 0 spiro atoms. The van der Waals surface area contributed by atoms with Gasteiger partial charge in [0.15, 0.2) is 5.13 Å². The van der Waals surface area contributed by atoms with Gasteiger partial charge in [-0.3, -0.25) is 9.59 Å². The molecule has 1 aromatic heterocycles. The van der Waals surface area contributed by atoms with Crippen molar-refractivity contribution in [3.05, 3.63) is 40.2 Å². The van der Waals surface area contributed by atoms with Crippen LogP contribution in [0.15, 0.2) is 18.2 Å². The van der Waals surface area contributed by atoms with E-state index in [4.69, 9.17) is 4.98 Å². The standard InChI is InChI=1S/C23H29FN4O2S/c1-14(2)22(30)27-8-10-28(11-9-27)23-26-18-7-5-16(12-20(18)31-23)21(29)25-19-13-17(24)6-4-15(19)3/h4,6,13-14,16H,5,7-12H2,1-3H3,(H,25,29)/t16-/m0/s1. The molecular formula is C23H29FN4O2S. The minimum absolute atomic E-state index is 0.0259. The van der Waals surface area contributed by atoms with Gasteiger partial charge in [-0.05, 0) is 43.9 Å². The number of thiazole rings is 1. The van der Waals surface area contributed by atoms with Gasteiger partial charge in [-0.1, -0.05) is 19.9 Å². The maximum atomic E-state index is 13.5. The van der Waals surface area contributed by atoms with Crippen molar-refractivity contribution in [1.82, 2.24) is 9.88 Å². The SMILES string of the molecule is Cc1ccc(F)cc1NC(=O)[C@H]1CCc2nc(N3CCN(C(=O)C(C)C)CC3)sc2C1. The van der Waals surface area contributed by atoms with E-state index in [1.807, 2.05) is 25.7 Å². The fourth-order valence-corrected chi connectivity index (χ4v) is 5.41. The Kier molecular flexibility index (Phi) is 6.27. The Bertz CT molecular complexity index is 982. The number of fused-ring (bicyclic) bond motifs is 1. The molecule has 0 radical (unpaired) electrons. The van der Waals surface area contributed by atoms with Gasteiger partial charge in [-0.2, -0.15) is 0 Å². The maximum Gasteiger partial charge on any atom is 0.227 e. The van der Waals surface area contributed by atoms with Gasteiger partial charge < -0.3 is 15.1 Å². The van der Waals surface area contributed by atoms with E-state index in [1.165, 1.54) is 12.1 Å². The monoisotopic (exact) mass is 444 g/mol. The van der Waals surface area contributed by atoms with E-state index in [0.717, 1.165) is 60.3 Å². The van der Waals surface area contributed by atoms with Crippen LogP contribution in [-0.4, -0.2) is 47.9 Å². The number of aryl methyl sites for hydroxylation is 2. The summed E-state index contributed by atoms with van der Waals surface area (Å²) in [4.78, 5) is 35.2. The summed E-state index contributed by atoms with van der Waals surface area (Å²) in [5, 5.41) is 3.89. The molecule has 6 nitrogen and oxygen atoms in total. The van der Waals surface area contributed by atoms with Crippen LogP contribution in [-0.2, 0) is 22.4 Å². The molecule has 4 rings (SSSR count). The summed E-state index contributed by atoms with van der Waals surface area (Å²) >= 11 is 1.66. The molecule has 31 heavy (non-hydrogen) atoms. The van der Waals surface area contributed by atoms with Gasteiger partial charge in [-0.25, -0.2) is 9.37 Å². The molecule has 0 unspecified atom stereocenters. The Morgan fingerprint density at radius 1 is 1.23 bits per heavy atom. The van der Waals surface area contributed by atoms with Crippen LogP contribution >= 0.6 is 11.3 Å². The van der Waals surface area contributed by atoms with E-state index >= 15 is 0 Å². The molecule has 166 valence electrons. The molecule has 1 aliphatic heterocycles. The predicted octanol–water partition coefficient (Wildman–Crippen LogP) is 3.64. The molecule has 2 heterocycles. The van der Waals surface area contributed by atoms with Crippen molar-refractivity contribution in [1.29, 1.82) is 0 Å². The first-order chi connectivity index (χ1) is 14.8. The van der Waals surface area contributed by atoms with Crippen molar-refractivity contribution >= 4 is 34.0 Å². The number of rotatable bonds is 4. The highest BCUT2D eigenvalue weighted by molar-refractivity contribution is 7.15. The Labute approximate surface area is 186 Å². The number of nitrogens with one attached hydrogen (secondary N) is 1. The number of halogens is 1. The van der Waals surface area contributed by atoms with E-state index in [2.05, 4.69) is 10.2 Å². The van der Waals surface area contributed by atoms with Crippen molar-refractivity contribution in [2.45, 2.75) is 40.0 Å². The number of aromatic nitrogens is 1. The van der Waals surface area contributed by atoms with Crippen molar-refractivity contribution < 1.29 is 14.0 Å². The van der Waals surface area contributed by atoms with Gasteiger partial charge in [0.1, 0.15) is 5.82 Å². The lowest BCUT2D eigenvalue weighted by molar-refractivity contribution is -0.134. The number of amides is 2. The predicted molar refractivity (Wildman–Crippen MR) is 121 cm³/mol. The minimum Gasteiger partial charge on any atom is -0.345 e. The summed E-state index contributed by atoms with van der Waals surface area (Å²) in [6.45, 7) is 8.75. The molecule has 2 aromatic rings. The smallest absolute Gasteiger partial charge is 0.227 e. The van der Waals surface area contributed by atoms with E-state index in [9.17, 15) is 14.0 Å². The van der Waals surface area contributed by atoms with Crippen LogP contribution in [0.25, 0.3) is 0 Å². The molecule has 1 fully saturated rings. The molecule has 8 heteroatoms. The van der Waals surface area contributed by atoms with Crippen LogP contribution in [0.2, 0.25) is 0 Å². The van der Waals surface area contributed by atoms with Gasteiger partial charge in [0.05, 0.1) is 5.69 Å². The van der Waals surface area contributed by atoms with Crippen LogP contribution in [0.5, 0.6) is 0 Å². The first-order valence-electron chi connectivity index (χ1n) is 10.9. The molecule has 1 N–H and O–H groups in total. The summed E-state index contributed by atoms with van der Waals surface area (Å²) in [5.74, 6) is -0.313. The third-order valence-electron chi connectivity index (χ3n) is 6.11. The average molecular weight is 445 g/mol. The minimum atomic E-state index is -0.353. The Morgan fingerprint density at radius 3 is 2.68 bits per heavy atom. The lowest BCUT2D eigenvalue weighted by Crippen LogP contribution is -2.49. The number of benzene rings is 1. The second-order valence-electron chi connectivity index (χ2n) is 8.72. The second-order valence-corrected chi connectivity index (χ2v) is 9.78. The average Bonchev–Trinajstić information content (AvgIpc) is 3.19. The molecular weight excluding hydrogens is 415 g/mol. The van der Waals surface area contributed by atoms with Gasteiger partial charge in [-0.15, -0.1) is 11.3 Å². The highest BCUT2D eigenvalue weighted by atomic mass is 32.1. The zero-order chi connectivity index (χ0) is 22.1. The first-order valence-corrected chi connectivity index (χ1v) is 11.7. The maximum absolute atomic E-state index is 13.5. The summed E-state index contributed by atoms with van der Waals surface area (Å²) < 4.78 is 13.5. The fraction of sp³-hybridized carbons (Fsp3) is 0.522. The summed E-state index contributed by atoms with van der Waals surface area (Å²) in [6.07, 6.45) is 2.18. The van der Waals surface area contributed by atoms with E-state index in [0.29, 0.717) is 12.1 Å². The molecule has 1 atom stereocenters. The first kappa shape index (κ1) is 21.7. The molecule has 0 saturated carbocycles. The van der Waals surface area contributed by atoms with Crippen LogP contribution < -0.4 is 10.2 Å². The molecule has 1 aliphatic carbocycles. The van der Waals surface area contributed by atoms with Gasteiger partial charge in [0.2, 0.25) is 11.8 Å². The normalized spacial score (nSPS) is 18.8. The highest BCUT2D eigenvalue weighted by Crippen LogP contribution is 2.35. The van der Waals surface area contributed by atoms with Crippen LogP contribution in [0, 0.1) is 24.6 Å². The number of hydrogen-bond acceptors (Lipinski definition) is 5. The van der Waals surface area contributed by atoms with Gasteiger partial charge in [0, 0.05) is 48.6 Å². The number of carbonyl (C=O) groups excluding carboxylic acids is 2. The molecule has 1 saturated heterocycles. The highest BCUT2D eigenvalue weighted by Gasteiger charge is 2.30. The lowest BCUT2D eigenvalue weighted by Gasteiger charge is -2.35. The van der Waals surface area contributed by atoms with E-state index in [1.54, 1.807) is 17.4 Å². The van der Waals surface area contributed by atoms with Crippen molar-refractivity contribution in [3.8, 4) is 0 Å². The lowest BCUT2D eigenvalue weighted by atomic mass is 9.90. The third-order valence-corrected chi connectivity index (χ3v) is 7.29. The van der Waals surface area contributed by atoms with Crippen molar-refractivity contribution in [2.75, 3.05) is 36.4 Å². The Hall–Kier alpha value is -2.48. The number of anilines is 2. The van der Waals surface area contributed by atoms with E-state index < -0.39 is 0 Å². The number of carbonyl (C=O) groups is 2. The molecule has 0 bridgehead atoms. The quantitative estimate of drug-likeness (QED) is 0.782. The number of nitrogens with zero attached hydrogens (tertiary/aromatic N) is 3.